The lowest BCUT2D eigenvalue weighted by atomic mass is 9.91. The molecule has 1 aliphatic heterocycles. The third kappa shape index (κ3) is 4.44. The van der Waals surface area contributed by atoms with Crippen molar-refractivity contribution in [2.24, 2.45) is 13.0 Å². The van der Waals surface area contributed by atoms with Crippen molar-refractivity contribution in [2.45, 2.75) is 19.5 Å². The Morgan fingerprint density at radius 1 is 1.37 bits per heavy atom. The number of piperidine rings is 1. The van der Waals surface area contributed by atoms with Crippen molar-refractivity contribution < 1.29 is 18.0 Å². The third-order valence-electron chi connectivity index (χ3n) is 4.49. The number of halogens is 3. The molecule has 3 rings (SSSR count). The molecule has 2 heterocycles. The number of carbonyl (C=O) groups excluding carboxylic acids is 1. The van der Waals surface area contributed by atoms with Gasteiger partial charge in [0.05, 0.1) is 5.56 Å². The predicted octanol–water partition coefficient (Wildman–Crippen LogP) is 3.19. The van der Waals surface area contributed by atoms with Crippen molar-refractivity contribution in [1.29, 1.82) is 0 Å². The molecule has 0 spiro atoms. The van der Waals surface area contributed by atoms with Crippen molar-refractivity contribution >= 4 is 18.1 Å². The van der Waals surface area contributed by atoms with Crippen LogP contribution in [0, 0.1) is 5.92 Å². The molecule has 1 saturated heterocycles. The minimum atomic E-state index is -4.36. The molecule has 144 valence electrons. The second kappa shape index (κ2) is 7.37. The van der Waals surface area contributed by atoms with Gasteiger partial charge in [-0.1, -0.05) is 35.8 Å². The average molecular weight is 380 g/mol. The molecule has 0 bridgehead atoms. The summed E-state index contributed by atoms with van der Waals surface area (Å²) < 4.78 is 39.9. The highest BCUT2D eigenvalue weighted by atomic mass is 19.4. The quantitative estimate of drug-likeness (QED) is 0.868. The molecule has 0 aliphatic carbocycles. The molecule has 1 aliphatic rings. The Bertz CT molecular complexity index is 860. The minimum absolute atomic E-state index is 0.0247. The Morgan fingerprint density at radius 3 is 2.78 bits per heavy atom. The monoisotopic (exact) mass is 380 g/mol. The van der Waals surface area contributed by atoms with Gasteiger partial charge in [0.25, 0.3) is 5.95 Å². The normalized spacial score (nSPS) is 19.4. The molecule has 1 fully saturated rings. The van der Waals surface area contributed by atoms with Gasteiger partial charge in [0.15, 0.2) is 0 Å². The van der Waals surface area contributed by atoms with Crippen LogP contribution in [0.2, 0.25) is 0 Å². The van der Waals surface area contributed by atoms with Crippen LogP contribution in [-0.4, -0.2) is 44.2 Å². The summed E-state index contributed by atoms with van der Waals surface area (Å²) in [6.45, 7) is 2.87. The molecule has 1 unspecified atom stereocenters. The molecule has 0 saturated carbocycles. The molecule has 27 heavy (non-hydrogen) atoms. The molecule has 1 N–H and O–H groups in total. The summed E-state index contributed by atoms with van der Waals surface area (Å²) in [6.07, 6.45) is -2.00. The first kappa shape index (κ1) is 18.9. The summed E-state index contributed by atoms with van der Waals surface area (Å²) in [4.78, 5) is 14.0. The van der Waals surface area contributed by atoms with Crippen LogP contribution >= 0.6 is 0 Å². The molecular formula is C17H19F3N6O. The van der Waals surface area contributed by atoms with E-state index in [9.17, 15) is 18.0 Å². The lowest BCUT2D eigenvalue weighted by Crippen LogP contribution is -2.42. The van der Waals surface area contributed by atoms with Gasteiger partial charge >= 0.3 is 12.2 Å². The zero-order valence-corrected chi connectivity index (χ0v) is 14.9. The summed E-state index contributed by atoms with van der Waals surface area (Å²) in [5.74, 6) is 0.273. The zero-order chi connectivity index (χ0) is 19.6. The first-order valence-electron chi connectivity index (χ1n) is 8.40. The van der Waals surface area contributed by atoms with Gasteiger partial charge < -0.3 is 4.90 Å². The Balaban J connectivity index is 1.67. The van der Waals surface area contributed by atoms with Crippen molar-refractivity contribution in [3.8, 4) is 0 Å². The Hall–Kier alpha value is -2.91. The molecule has 1 aromatic carbocycles. The van der Waals surface area contributed by atoms with Crippen LogP contribution in [0.15, 0.2) is 29.8 Å². The van der Waals surface area contributed by atoms with Gasteiger partial charge in [-0.15, -0.1) is 0 Å². The number of alkyl halides is 3. The fourth-order valence-corrected chi connectivity index (χ4v) is 2.98. The van der Waals surface area contributed by atoms with E-state index in [1.165, 1.54) is 10.7 Å². The number of aromatic nitrogens is 4. The van der Waals surface area contributed by atoms with E-state index < -0.39 is 11.7 Å². The van der Waals surface area contributed by atoms with E-state index in [2.05, 4.69) is 20.8 Å². The van der Waals surface area contributed by atoms with Gasteiger partial charge in [0.2, 0.25) is 0 Å². The number of amides is 2. The first-order valence-corrected chi connectivity index (χ1v) is 8.40. The first-order chi connectivity index (χ1) is 12.7. The van der Waals surface area contributed by atoms with Crippen molar-refractivity contribution in [3.63, 3.8) is 0 Å². The van der Waals surface area contributed by atoms with Crippen molar-refractivity contribution in [3.05, 3.63) is 41.0 Å². The lowest BCUT2D eigenvalue weighted by Gasteiger charge is -2.33. The van der Waals surface area contributed by atoms with Gasteiger partial charge in [-0.3, -0.25) is 5.32 Å². The summed E-state index contributed by atoms with van der Waals surface area (Å²) in [5.41, 5.74) is 0.854. The van der Waals surface area contributed by atoms with Crippen LogP contribution in [0.25, 0.3) is 6.08 Å². The third-order valence-corrected chi connectivity index (χ3v) is 4.49. The maximum atomic E-state index is 12.9. The summed E-state index contributed by atoms with van der Waals surface area (Å²) >= 11 is 0. The van der Waals surface area contributed by atoms with Crippen LogP contribution in [0.4, 0.5) is 23.9 Å². The number of likely N-dealkylation sites (tertiary alicyclic amines) is 1. The second-order valence-electron chi connectivity index (χ2n) is 6.50. The van der Waals surface area contributed by atoms with Crippen molar-refractivity contribution in [1.82, 2.24) is 25.1 Å². The molecule has 2 amide bonds. The average Bonchev–Trinajstić information content (AvgIpc) is 3.01. The minimum Gasteiger partial charge on any atom is -0.324 e. The number of rotatable bonds is 2. The van der Waals surface area contributed by atoms with E-state index in [4.69, 9.17) is 0 Å². The number of hydrogen-bond donors (Lipinski definition) is 1. The molecule has 1 aromatic heterocycles. The van der Waals surface area contributed by atoms with Gasteiger partial charge in [0.1, 0.15) is 0 Å². The van der Waals surface area contributed by atoms with Crippen LogP contribution in [0.1, 0.15) is 24.5 Å². The number of nitrogens with one attached hydrogen (secondary N) is 1. The number of benzene rings is 1. The summed E-state index contributed by atoms with van der Waals surface area (Å²) in [7, 11) is 1.62. The van der Waals surface area contributed by atoms with Gasteiger partial charge in [0, 0.05) is 20.1 Å². The van der Waals surface area contributed by atoms with E-state index in [0.717, 1.165) is 17.7 Å². The van der Waals surface area contributed by atoms with Crippen molar-refractivity contribution in [2.75, 3.05) is 18.4 Å². The zero-order valence-electron chi connectivity index (χ0n) is 14.9. The maximum absolute atomic E-state index is 12.9. The largest absolute Gasteiger partial charge is 0.416 e. The smallest absolute Gasteiger partial charge is 0.324 e. The highest BCUT2D eigenvalue weighted by Crippen LogP contribution is 2.31. The van der Waals surface area contributed by atoms with Gasteiger partial charge in [-0.25, -0.2) is 9.48 Å². The summed E-state index contributed by atoms with van der Waals surface area (Å²) in [5, 5.41) is 13.5. The number of aryl methyl sites for hydroxylation is 1. The molecule has 7 nitrogen and oxygen atoms in total. The molecular weight excluding hydrogens is 361 g/mol. The highest BCUT2D eigenvalue weighted by Gasteiger charge is 2.30. The van der Waals surface area contributed by atoms with E-state index in [1.807, 2.05) is 6.92 Å². The van der Waals surface area contributed by atoms with Crippen LogP contribution in [0.3, 0.4) is 0 Å². The topological polar surface area (TPSA) is 75.9 Å². The van der Waals surface area contributed by atoms with E-state index >= 15 is 0 Å². The van der Waals surface area contributed by atoms with Crippen LogP contribution in [0.5, 0.6) is 0 Å². The standard InChI is InChI=1S/C17H19F3N6O/c1-11-10-26(16(27)21-15-22-23-24-25(15)2)7-6-13(11)8-12-4-3-5-14(9-12)17(18,19)20/h3-5,8-9,11H,6-7,10H2,1-2H3,(H,21,22,24,27)/b13-8+. The SMILES string of the molecule is CC1CN(C(=O)Nc2nnnn2C)CC/C1=C\c1cccc(C(F)(F)F)c1. The number of urea groups is 1. The number of hydrogen-bond acceptors (Lipinski definition) is 4. The fourth-order valence-electron chi connectivity index (χ4n) is 2.98. The Morgan fingerprint density at radius 2 is 2.15 bits per heavy atom. The van der Waals surface area contributed by atoms with Crippen LogP contribution < -0.4 is 5.32 Å². The van der Waals surface area contributed by atoms with Gasteiger partial charge in [-0.2, -0.15) is 13.2 Å². The lowest BCUT2D eigenvalue weighted by molar-refractivity contribution is -0.137. The molecule has 2 aromatic rings. The van der Waals surface area contributed by atoms with Crippen LogP contribution in [-0.2, 0) is 13.2 Å². The summed E-state index contributed by atoms with van der Waals surface area (Å²) in [6, 6.07) is 4.93. The van der Waals surface area contributed by atoms with E-state index in [-0.39, 0.29) is 17.9 Å². The second-order valence-corrected chi connectivity index (χ2v) is 6.50. The van der Waals surface area contributed by atoms with E-state index in [0.29, 0.717) is 25.1 Å². The Labute approximate surface area is 153 Å². The molecule has 10 heteroatoms. The number of tetrazole rings is 1. The number of anilines is 1. The highest BCUT2D eigenvalue weighted by molar-refractivity contribution is 5.87. The predicted molar refractivity (Wildman–Crippen MR) is 92.6 cm³/mol. The van der Waals surface area contributed by atoms with E-state index in [1.54, 1.807) is 24.1 Å². The number of nitrogens with zero attached hydrogens (tertiary/aromatic N) is 5. The van der Waals surface area contributed by atoms with Gasteiger partial charge in [-0.05, 0) is 40.5 Å². The Kier molecular flexibility index (Phi) is 5.15. The maximum Gasteiger partial charge on any atom is 0.416 e. The fraction of sp³-hybridized carbons (Fsp3) is 0.412. The number of carbonyl (C=O) groups is 1. The molecule has 1 atom stereocenters. The molecule has 0 radical (unpaired) electrons.